The van der Waals surface area contributed by atoms with Gasteiger partial charge in [-0.25, -0.2) is 0 Å². The summed E-state index contributed by atoms with van der Waals surface area (Å²) in [5.41, 5.74) is 2.06. The predicted molar refractivity (Wildman–Crippen MR) is 107 cm³/mol. The van der Waals surface area contributed by atoms with Gasteiger partial charge in [-0.05, 0) is 49.2 Å². The Labute approximate surface area is 158 Å². The molecule has 0 aromatic heterocycles. The van der Waals surface area contributed by atoms with Crippen LogP contribution in [0.3, 0.4) is 0 Å². The Morgan fingerprint density at radius 2 is 1.48 bits per heavy atom. The maximum atomic E-state index is 13.5. The summed E-state index contributed by atoms with van der Waals surface area (Å²) in [6.07, 6.45) is 0.365. The van der Waals surface area contributed by atoms with Crippen molar-refractivity contribution in [3.63, 3.8) is 0 Å². The number of anilines is 3. The number of nitrogens with one attached hydrogen (secondary N) is 1. The van der Waals surface area contributed by atoms with Gasteiger partial charge in [-0.1, -0.05) is 54.6 Å². The average Bonchev–Trinajstić information content (AvgIpc) is 2.70. The number of para-hydroxylation sites is 3. The van der Waals surface area contributed by atoms with Gasteiger partial charge in [0.2, 0.25) is 11.8 Å². The van der Waals surface area contributed by atoms with Crippen LogP contribution in [0.15, 0.2) is 84.9 Å². The molecule has 4 nitrogen and oxygen atoms in total. The monoisotopic (exact) mass is 356 g/mol. The summed E-state index contributed by atoms with van der Waals surface area (Å²) >= 11 is 0. The van der Waals surface area contributed by atoms with Gasteiger partial charge in [-0.2, -0.15) is 0 Å². The number of rotatable bonds is 3. The van der Waals surface area contributed by atoms with E-state index >= 15 is 0 Å². The van der Waals surface area contributed by atoms with Gasteiger partial charge in [0.05, 0.1) is 5.69 Å². The highest BCUT2D eigenvalue weighted by Gasteiger charge is 2.48. The fourth-order valence-corrected chi connectivity index (χ4v) is 3.49. The molecule has 3 aromatic rings. The second kappa shape index (κ2) is 6.72. The summed E-state index contributed by atoms with van der Waals surface area (Å²) in [5, 5.41) is 2.90. The van der Waals surface area contributed by atoms with Gasteiger partial charge in [0.15, 0.2) is 0 Å². The summed E-state index contributed by atoms with van der Waals surface area (Å²) in [6, 6.07) is 26.4. The van der Waals surface area contributed by atoms with Crippen LogP contribution in [0.5, 0.6) is 0 Å². The number of hydrogen-bond donors (Lipinski definition) is 1. The molecule has 1 heterocycles. The van der Waals surface area contributed by atoms with E-state index in [0.717, 1.165) is 16.9 Å². The number of amides is 2. The van der Waals surface area contributed by atoms with E-state index in [0.29, 0.717) is 12.1 Å². The summed E-state index contributed by atoms with van der Waals surface area (Å²) in [7, 11) is 0. The van der Waals surface area contributed by atoms with Crippen LogP contribution in [0.2, 0.25) is 0 Å². The predicted octanol–water partition coefficient (Wildman–Crippen LogP) is 4.55. The van der Waals surface area contributed by atoms with E-state index < -0.39 is 5.41 Å². The van der Waals surface area contributed by atoms with Crippen molar-refractivity contribution in [2.24, 2.45) is 5.41 Å². The first-order chi connectivity index (χ1) is 13.1. The Morgan fingerprint density at radius 1 is 0.889 bits per heavy atom. The molecule has 1 aliphatic heterocycles. The number of nitrogens with zero attached hydrogens (tertiary/aromatic N) is 1. The van der Waals surface area contributed by atoms with Crippen LogP contribution < -0.4 is 10.2 Å². The third-order valence-electron chi connectivity index (χ3n) is 5.00. The zero-order valence-electron chi connectivity index (χ0n) is 15.1. The van der Waals surface area contributed by atoms with Gasteiger partial charge in [0, 0.05) is 11.4 Å². The quantitative estimate of drug-likeness (QED) is 0.700. The standard InChI is InChI=1S/C23H20N2O2/c1-23(21(26)24-18-11-4-2-5-12-18)16-17-10-8-9-15-20(17)25(22(23)27)19-13-6-3-7-14-19/h2-15H,16H2,1H3,(H,24,26)/t23-/m1/s1. The molecule has 3 aromatic carbocycles. The van der Waals surface area contributed by atoms with Crippen LogP contribution >= 0.6 is 0 Å². The van der Waals surface area contributed by atoms with Gasteiger partial charge in [0.1, 0.15) is 5.41 Å². The normalized spacial score (nSPS) is 18.7. The maximum Gasteiger partial charge on any atom is 0.247 e. The number of fused-ring (bicyclic) bond motifs is 1. The van der Waals surface area contributed by atoms with Gasteiger partial charge < -0.3 is 5.32 Å². The Balaban J connectivity index is 1.76. The highest BCUT2D eigenvalue weighted by molar-refractivity contribution is 6.19. The lowest BCUT2D eigenvalue weighted by molar-refractivity contribution is -0.137. The summed E-state index contributed by atoms with van der Waals surface area (Å²) in [6.45, 7) is 1.72. The molecule has 134 valence electrons. The minimum Gasteiger partial charge on any atom is -0.325 e. The lowest BCUT2D eigenvalue weighted by Crippen LogP contribution is -2.52. The van der Waals surface area contributed by atoms with Crippen molar-refractivity contribution in [1.82, 2.24) is 0 Å². The Hall–Kier alpha value is -3.40. The topological polar surface area (TPSA) is 49.4 Å². The molecule has 0 aliphatic carbocycles. The van der Waals surface area contributed by atoms with Crippen molar-refractivity contribution in [2.75, 3.05) is 10.2 Å². The first-order valence-corrected chi connectivity index (χ1v) is 8.93. The SMILES string of the molecule is C[C@]1(C(=O)Nc2ccccc2)Cc2ccccc2N(c2ccccc2)C1=O. The van der Waals surface area contributed by atoms with E-state index in [1.807, 2.05) is 84.9 Å². The van der Waals surface area contributed by atoms with E-state index in [9.17, 15) is 9.59 Å². The molecule has 0 spiro atoms. The van der Waals surface area contributed by atoms with Crippen molar-refractivity contribution in [2.45, 2.75) is 13.3 Å². The third-order valence-corrected chi connectivity index (χ3v) is 5.00. The van der Waals surface area contributed by atoms with Crippen LogP contribution in [-0.4, -0.2) is 11.8 Å². The Morgan fingerprint density at radius 3 is 2.19 bits per heavy atom. The smallest absolute Gasteiger partial charge is 0.247 e. The summed E-state index contributed by atoms with van der Waals surface area (Å²) in [5.74, 6) is -0.519. The second-order valence-corrected chi connectivity index (χ2v) is 6.93. The van der Waals surface area contributed by atoms with E-state index in [1.165, 1.54) is 0 Å². The molecule has 2 amide bonds. The molecule has 1 N–H and O–H groups in total. The molecule has 1 atom stereocenters. The van der Waals surface area contributed by atoms with Crippen LogP contribution in [-0.2, 0) is 16.0 Å². The van der Waals surface area contributed by atoms with E-state index in [-0.39, 0.29) is 11.8 Å². The summed E-state index contributed by atoms with van der Waals surface area (Å²) in [4.78, 5) is 28.3. The minimum absolute atomic E-state index is 0.221. The maximum absolute atomic E-state index is 13.5. The summed E-state index contributed by atoms with van der Waals surface area (Å²) < 4.78 is 0. The Kier molecular flexibility index (Phi) is 4.24. The molecular formula is C23H20N2O2. The highest BCUT2D eigenvalue weighted by Crippen LogP contribution is 2.42. The van der Waals surface area contributed by atoms with E-state index in [1.54, 1.807) is 11.8 Å². The molecule has 4 heteroatoms. The third kappa shape index (κ3) is 2.99. The van der Waals surface area contributed by atoms with Crippen LogP contribution in [0, 0.1) is 5.41 Å². The van der Waals surface area contributed by atoms with Crippen molar-refractivity contribution >= 4 is 28.9 Å². The van der Waals surface area contributed by atoms with Crippen molar-refractivity contribution in [1.29, 1.82) is 0 Å². The largest absolute Gasteiger partial charge is 0.325 e. The number of carbonyl (C=O) groups excluding carboxylic acids is 2. The fraction of sp³-hybridized carbons (Fsp3) is 0.130. The second-order valence-electron chi connectivity index (χ2n) is 6.93. The number of hydrogen-bond acceptors (Lipinski definition) is 2. The van der Waals surface area contributed by atoms with Crippen LogP contribution in [0.25, 0.3) is 0 Å². The van der Waals surface area contributed by atoms with E-state index in [2.05, 4.69) is 5.32 Å². The molecule has 0 saturated heterocycles. The molecular weight excluding hydrogens is 336 g/mol. The van der Waals surface area contributed by atoms with Gasteiger partial charge >= 0.3 is 0 Å². The molecule has 0 saturated carbocycles. The minimum atomic E-state index is -1.19. The molecule has 27 heavy (non-hydrogen) atoms. The molecule has 4 rings (SSSR count). The van der Waals surface area contributed by atoms with Crippen molar-refractivity contribution in [3.8, 4) is 0 Å². The van der Waals surface area contributed by atoms with Gasteiger partial charge in [-0.15, -0.1) is 0 Å². The van der Waals surface area contributed by atoms with Crippen molar-refractivity contribution in [3.05, 3.63) is 90.5 Å². The Bertz CT molecular complexity index is 986. The molecule has 0 bridgehead atoms. The number of carbonyl (C=O) groups is 2. The van der Waals surface area contributed by atoms with Gasteiger partial charge in [-0.3, -0.25) is 14.5 Å². The first-order valence-electron chi connectivity index (χ1n) is 8.93. The number of benzene rings is 3. The molecule has 0 fully saturated rings. The zero-order chi connectivity index (χ0) is 18.9. The lowest BCUT2D eigenvalue weighted by Gasteiger charge is -2.39. The average molecular weight is 356 g/mol. The van der Waals surface area contributed by atoms with Crippen molar-refractivity contribution < 1.29 is 9.59 Å². The lowest BCUT2D eigenvalue weighted by atomic mass is 9.77. The highest BCUT2D eigenvalue weighted by atomic mass is 16.2. The fourth-order valence-electron chi connectivity index (χ4n) is 3.49. The zero-order valence-corrected chi connectivity index (χ0v) is 15.1. The molecule has 0 unspecified atom stereocenters. The van der Waals surface area contributed by atoms with E-state index in [4.69, 9.17) is 0 Å². The van der Waals surface area contributed by atoms with Crippen LogP contribution in [0.4, 0.5) is 17.1 Å². The molecule has 0 radical (unpaired) electrons. The first kappa shape index (κ1) is 17.0. The molecule has 1 aliphatic rings. The van der Waals surface area contributed by atoms with Gasteiger partial charge in [0.25, 0.3) is 0 Å². The van der Waals surface area contributed by atoms with Crippen LogP contribution in [0.1, 0.15) is 12.5 Å².